The topological polar surface area (TPSA) is 41.3 Å². The normalized spacial score (nSPS) is 10.6. The summed E-state index contributed by atoms with van der Waals surface area (Å²) in [7, 11) is 3.96. The molecule has 0 spiro atoms. The standard InChI is InChI=1S/C14H19N3O/c1-11-7-12(8-15-2)9-16-14(11)17(3)10-13-5-4-6-18-13/h4-7,9,15H,8,10H2,1-3H3. The van der Waals surface area contributed by atoms with Crippen LogP contribution in [0.4, 0.5) is 5.82 Å². The lowest BCUT2D eigenvalue weighted by Crippen LogP contribution is -2.19. The van der Waals surface area contributed by atoms with E-state index in [4.69, 9.17) is 4.42 Å². The maximum absolute atomic E-state index is 5.35. The lowest BCUT2D eigenvalue weighted by atomic mass is 10.2. The summed E-state index contributed by atoms with van der Waals surface area (Å²) < 4.78 is 5.35. The molecular formula is C14H19N3O. The third kappa shape index (κ3) is 2.90. The summed E-state index contributed by atoms with van der Waals surface area (Å²) in [5.41, 5.74) is 2.38. The zero-order valence-corrected chi connectivity index (χ0v) is 11.1. The Morgan fingerprint density at radius 1 is 1.44 bits per heavy atom. The molecule has 2 aromatic heterocycles. The average molecular weight is 245 g/mol. The second-order valence-electron chi connectivity index (χ2n) is 4.45. The summed E-state index contributed by atoms with van der Waals surface area (Å²) in [6.07, 6.45) is 3.61. The number of anilines is 1. The van der Waals surface area contributed by atoms with Crippen molar-refractivity contribution in [1.82, 2.24) is 10.3 Å². The predicted molar refractivity (Wildman–Crippen MR) is 72.6 cm³/mol. The van der Waals surface area contributed by atoms with Crippen molar-refractivity contribution < 1.29 is 4.42 Å². The molecule has 0 aliphatic rings. The fraction of sp³-hybridized carbons (Fsp3) is 0.357. The number of rotatable bonds is 5. The number of aromatic nitrogens is 1. The van der Waals surface area contributed by atoms with E-state index in [9.17, 15) is 0 Å². The summed E-state index contributed by atoms with van der Waals surface area (Å²) in [5, 5.41) is 3.13. The minimum atomic E-state index is 0.728. The van der Waals surface area contributed by atoms with Crippen LogP contribution in [0.3, 0.4) is 0 Å². The molecule has 18 heavy (non-hydrogen) atoms. The van der Waals surface area contributed by atoms with E-state index in [2.05, 4.69) is 28.2 Å². The molecule has 4 nitrogen and oxygen atoms in total. The third-order valence-electron chi connectivity index (χ3n) is 2.82. The molecule has 0 aliphatic carbocycles. The molecule has 0 fully saturated rings. The molecule has 2 rings (SSSR count). The van der Waals surface area contributed by atoms with Crippen molar-refractivity contribution in [1.29, 1.82) is 0 Å². The summed E-state index contributed by atoms with van der Waals surface area (Å²) in [4.78, 5) is 6.62. The molecule has 0 saturated heterocycles. The highest BCUT2D eigenvalue weighted by Crippen LogP contribution is 2.18. The van der Waals surface area contributed by atoms with E-state index < -0.39 is 0 Å². The summed E-state index contributed by atoms with van der Waals surface area (Å²) in [6, 6.07) is 6.04. The van der Waals surface area contributed by atoms with Gasteiger partial charge in [-0.05, 0) is 43.3 Å². The van der Waals surface area contributed by atoms with Crippen molar-refractivity contribution in [3.05, 3.63) is 47.5 Å². The van der Waals surface area contributed by atoms with Gasteiger partial charge in [-0.1, -0.05) is 0 Å². The molecule has 0 bridgehead atoms. The van der Waals surface area contributed by atoms with Crippen LogP contribution in [-0.2, 0) is 13.1 Å². The molecule has 2 aromatic rings. The van der Waals surface area contributed by atoms with E-state index in [1.165, 1.54) is 11.1 Å². The molecule has 0 amide bonds. The zero-order valence-electron chi connectivity index (χ0n) is 11.1. The number of furan rings is 1. The molecular weight excluding hydrogens is 226 g/mol. The molecule has 1 N–H and O–H groups in total. The van der Waals surface area contributed by atoms with Crippen molar-refractivity contribution >= 4 is 5.82 Å². The van der Waals surface area contributed by atoms with Gasteiger partial charge in [0.05, 0.1) is 12.8 Å². The largest absolute Gasteiger partial charge is 0.467 e. The van der Waals surface area contributed by atoms with Crippen LogP contribution in [0.1, 0.15) is 16.9 Å². The van der Waals surface area contributed by atoms with Gasteiger partial charge >= 0.3 is 0 Å². The predicted octanol–water partition coefficient (Wildman–Crippen LogP) is 2.34. The van der Waals surface area contributed by atoms with Crippen LogP contribution < -0.4 is 10.2 Å². The lowest BCUT2D eigenvalue weighted by Gasteiger charge is -2.19. The molecule has 0 aromatic carbocycles. The van der Waals surface area contributed by atoms with E-state index in [-0.39, 0.29) is 0 Å². The zero-order chi connectivity index (χ0) is 13.0. The third-order valence-corrected chi connectivity index (χ3v) is 2.82. The highest BCUT2D eigenvalue weighted by molar-refractivity contribution is 5.46. The quantitative estimate of drug-likeness (QED) is 0.878. The second kappa shape index (κ2) is 5.69. The molecule has 4 heteroatoms. The first-order chi connectivity index (χ1) is 8.70. The van der Waals surface area contributed by atoms with Gasteiger partial charge in [0.2, 0.25) is 0 Å². The van der Waals surface area contributed by atoms with Gasteiger partial charge in [0.1, 0.15) is 11.6 Å². The number of hydrogen-bond acceptors (Lipinski definition) is 4. The Balaban J connectivity index is 2.12. The average Bonchev–Trinajstić information content (AvgIpc) is 2.82. The minimum Gasteiger partial charge on any atom is -0.467 e. The van der Waals surface area contributed by atoms with E-state index >= 15 is 0 Å². The van der Waals surface area contributed by atoms with Crippen molar-refractivity contribution in [2.24, 2.45) is 0 Å². The summed E-state index contributed by atoms with van der Waals surface area (Å²) >= 11 is 0. The minimum absolute atomic E-state index is 0.728. The number of nitrogens with one attached hydrogen (secondary N) is 1. The van der Waals surface area contributed by atoms with Crippen molar-refractivity contribution in [3.63, 3.8) is 0 Å². The summed E-state index contributed by atoms with van der Waals surface area (Å²) in [5.74, 6) is 1.93. The maximum Gasteiger partial charge on any atom is 0.131 e. The van der Waals surface area contributed by atoms with Gasteiger partial charge in [0.15, 0.2) is 0 Å². The van der Waals surface area contributed by atoms with Gasteiger partial charge in [-0.3, -0.25) is 0 Å². The Bertz CT molecular complexity index is 494. The van der Waals surface area contributed by atoms with Gasteiger partial charge in [0.25, 0.3) is 0 Å². The van der Waals surface area contributed by atoms with Crippen LogP contribution in [0.2, 0.25) is 0 Å². The van der Waals surface area contributed by atoms with Crippen molar-refractivity contribution in [3.8, 4) is 0 Å². The monoisotopic (exact) mass is 245 g/mol. The van der Waals surface area contributed by atoms with Gasteiger partial charge in [-0.15, -0.1) is 0 Å². The molecule has 0 atom stereocenters. The molecule has 96 valence electrons. The van der Waals surface area contributed by atoms with Gasteiger partial charge in [-0.2, -0.15) is 0 Å². The maximum atomic E-state index is 5.35. The van der Waals surface area contributed by atoms with E-state index in [0.717, 1.165) is 24.7 Å². The smallest absolute Gasteiger partial charge is 0.131 e. The van der Waals surface area contributed by atoms with Crippen LogP contribution in [0.25, 0.3) is 0 Å². The Morgan fingerprint density at radius 3 is 2.89 bits per heavy atom. The lowest BCUT2D eigenvalue weighted by molar-refractivity contribution is 0.507. The van der Waals surface area contributed by atoms with E-state index in [1.54, 1.807) is 6.26 Å². The van der Waals surface area contributed by atoms with E-state index in [1.807, 2.05) is 32.4 Å². The second-order valence-corrected chi connectivity index (χ2v) is 4.45. The van der Waals surface area contributed by atoms with Crippen LogP contribution in [0.5, 0.6) is 0 Å². The first-order valence-corrected chi connectivity index (χ1v) is 6.04. The fourth-order valence-electron chi connectivity index (χ4n) is 2.04. The molecule has 2 heterocycles. The van der Waals surface area contributed by atoms with Crippen LogP contribution in [0, 0.1) is 6.92 Å². The Kier molecular flexibility index (Phi) is 3.99. The van der Waals surface area contributed by atoms with Gasteiger partial charge < -0.3 is 14.6 Å². The first-order valence-electron chi connectivity index (χ1n) is 6.04. The Labute approximate surface area is 108 Å². The molecule has 0 aliphatic heterocycles. The van der Waals surface area contributed by atoms with Crippen LogP contribution in [0.15, 0.2) is 35.1 Å². The fourth-order valence-corrected chi connectivity index (χ4v) is 2.04. The number of nitrogens with zero attached hydrogens (tertiary/aromatic N) is 2. The van der Waals surface area contributed by atoms with Gasteiger partial charge in [0, 0.05) is 19.8 Å². The Morgan fingerprint density at radius 2 is 2.28 bits per heavy atom. The highest BCUT2D eigenvalue weighted by Gasteiger charge is 2.09. The molecule has 0 radical (unpaired) electrons. The van der Waals surface area contributed by atoms with Gasteiger partial charge in [-0.25, -0.2) is 4.98 Å². The van der Waals surface area contributed by atoms with Crippen molar-refractivity contribution in [2.45, 2.75) is 20.0 Å². The van der Waals surface area contributed by atoms with E-state index in [0.29, 0.717) is 0 Å². The first kappa shape index (κ1) is 12.6. The number of aryl methyl sites for hydroxylation is 1. The highest BCUT2D eigenvalue weighted by atomic mass is 16.3. The number of hydrogen-bond donors (Lipinski definition) is 1. The van der Waals surface area contributed by atoms with Crippen LogP contribution >= 0.6 is 0 Å². The molecule has 0 unspecified atom stereocenters. The van der Waals surface area contributed by atoms with Crippen LogP contribution in [-0.4, -0.2) is 19.1 Å². The number of pyridine rings is 1. The molecule has 0 saturated carbocycles. The van der Waals surface area contributed by atoms with Crippen molar-refractivity contribution in [2.75, 3.05) is 19.0 Å². The SMILES string of the molecule is CNCc1cnc(N(C)Cc2ccco2)c(C)c1. The Hall–Kier alpha value is -1.81. The summed E-state index contributed by atoms with van der Waals surface area (Å²) in [6.45, 7) is 3.66.